The Hall–Kier alpha value is -1.33. The number of hydrogen-bond acceptors (Lipinski definition) is 3. The maximum absolute atomic E-state index is 11.5. The van der Waals surface area contributed by atoms with Crippen molar-refractivity contribution in [1.29, 1.82) is 0 Å². The van der Waals surface area contributed by atoms with Gasteiger partial charge in [-0.05, 0) is 23.5 Å². The summed E-state index contributed by atoms with van der Waals surface area (Å²) in [6.45, 7) is 3.93. The van der Waals surface area contributed by atoms with Gasteiger partial charge in [0.05, 0.1) is 0 Å². The Labute approximate surface area is 95.4 Å². The molecule has 0 saturated carbocycles. The van der Waals surface area contributed by atoms with Crippen molar-refractivity contribution in [3.05, 3.63) is 24.3 Å². The Bertz CT molecular complexity index is 366. The van der Waals surface area contributed by atoms with Crippen LogP contribution in [0.15, 0.2) is 24.3 Å². The molecule has 0 heterocycles. The molecular weight excluding hydrogens is 205 g/mol. The number of anilines is 1. The molecule has 0 spiro atoms. The first kappa shape index (κ1) is 12.7. The van der Waals surface area contributed by atoms with Gasteiger partial charge in [-0.2, -0.15) is 0 Å². The molecule has 1 aromatic rings. The standard InChI is InChI=1S/C11H16BNO3/c1-8(2)6-11(14)13-10-5-3-4-9(7-10)12(15)16/h3-5,7-8,15-16H,6H2,1-2H3,(H,13,14). The summed E-state index contributed by atoms with van der Waals surface area (Å²) in [6, 6.07) is 6.51. The van der Waals surface area contributed by atoms with Gasteiger partial charge in [0, 0.05) is 12.1 Å². The van der Waals surface area contributed by atoms with Crippen molar-refractivity contribution < 1.29 is 14.8 Å². The van der Waals surface area contributed by atoms with E-state index in [0.29, 0.717) is 23.5 Å². The number of carbonyl (C=O) groups excluding carboxylic acids is 1. The Morgan fingerprint density at radius 3 is 2.69 bits per heavy atom. The third-order valence-corrected chi connectivity index (χ3v) is 2.06. The zero-order chi connectivity index (χ0) is 12.1. The van der Waals surface area contributed by atoms with Gasteiger partial charge >= 0.3 is 7.12 Å². The maximum atomic E-state index is 11.5. The summed E-state index contributed by atoms with van der Waals surface area (Å²) < 4.78 is 0. The van der Waals surface area contributed by atoms with Crippen LogP contribution >= 0.6 is 0 Å². The molecule has 4 nitrogen and oxygen atoms in total. The summed E-state index contributed by atoms with van der Waals surface area (Å²) in [5.41, 5.74) is 0.943. The summed E-state index contributed by atoms with van der Waals surface area (Å²) in [7, 11) is -1.51. The van der Waals surface area contributed by atoms with Crippen LogP contribution in [0.3, 0.4) is 0 Å². The van der Waals surface area contributed by atoms with Crippen molar-refractivity contribution in [2.45, 2.75) is 20.3 Å². The minimum absolute atomic E-state index is 0.0698. The molecule has 1 rings (SSSR count). The van der Waals surface area contributed by atoms with E-state index in [1.807, 2.05) is 13.8 Å². The predicted octanol–water partition coefficient (Wildman–Crippen LogP) is 0.351. The van der Waals surface area contributed by atoms with Crippen LogP contribution in [0.2, 0.25) is 0 Å². The van der Waals surface area contributed by atoms with E-state index in [1.54, 1.807) is 24.3 Å². The summed E-state index contributed by atoms with van der Waals surface area (Å²) in [4.78, 5) is 11.5. The lowest BCUT2D eigenvalue weighted by Crippen LogP contribution is -2.30. The molecule has 16 heavy (non-hydrogen) atoms. The molecule has 0 fully saturated rings. The fourth-order valence-corrected chi connectivity index (χ4v) is 1.36. The Morgan fingerprint density at radius 2 is 2.12 bits per heavy atom. The highest BCUT2D eigenvalue weighted by Crippen LogP contribution is 2.07. The van der Waals surface area contributed by atoms with Crippen LogP contribution in [0.25, 0.3) is 0 Å². The Balaban J connectivity index is 2.67. The Kier molecular flexibility index (Phi) is 4.52. The van der Waals surface area contributed by atoms with Gasteiger partial charge in [-0.15, -0.1) is 0 Å². The summed E-state index contributed by atoms with van der Waals surface area (Å²) in [5.74, 6) is 0.228. The van der Waals surface area contributed by atoms with Crippen LogP contribution in [0.1, 0.15) is 20.3 Å². The number of rotatable bonds is 4. The zero-order valence-corrected chi connectivity index (χ0v) is 9.47. The van der Waals surface area contributed by atoms with E-state index >= 15 is 0 Å². The average molecular weight is 221 g/mol. The lowest BCUT2D eigenvalue weighted by Gasteiger charge is -2.08. The number of nitrogens with one attached hydrogen (secondary N) is 1. The van der Waals surface area contributed by atoms with Crippen LogP contribution in [0.4, 0.5) is 5.69 Å². The van der Waals surface area contributed by atoms with Crippen molar-refractivity contribution in [2.75, 3.05) is 5.32 Å². The van der Waals surface area contributed by atoms with Crippen molar-refractivity contribution in [3.63, 3.8) is 0 Å². The fraction of sp³-hybridized carbons (Fsp3) is 0.364. The first-order chi connectivity index (χ1) is 7.49. The third-order valence-electron chi connectivity index (χ3n) is 2.06. The SMILES string of the molecule is CC(C)CC(=O)Nc1cccc(B(O)O)c1. The molecule has 86 valence electrons. The summed E-state index contributed by atoms with van der Waals surface area (Å²) in [5, 5.41) is 20.6. The molecule has 0 aliphatic rings. The van der Waals surface area contributed by atoms with Gasteiger partial charge in [-0.1, -0.05) is 26.0 Å². The van der Waals surface area contributed by atoms with Gasteiger partial charge in [0.25, 0.3) is 0 Å². The number of carbonyl (C=O) groups is 1. The van der Waals surface area contributed by atoms with E-state index in [1.165, 1.54) is 0 Å². The largest absolute Gasteiger partial charge is 0.488 e. The van der Waals surface area contributed by atoms with E-state index in [9.17, 15) is 4.79 Å². The first-order valence-electron chi connectivity index (χ1n) is 5.25. The van der Waals surface area contributed by atoms with Crippen LogP contribution in [0, 0.1) is 5.92 Å². The molecule has 0 unspecified atom stereocenters. The van der Waals surface area contributed by atoms with Gasteiger partial charge in [0.2, 0.25) is 5.91 Å². The topological polar surface area (TPSA) is 69.6 Å². The molecule has 0 aromatic heterocycles. The molecule has 1 amide bonds. The van der Waals surface area contributed by atoms with E-state index in [2.05, 4.69) is 5.32 Å². The second-order valence-electron chi connectivity index (χ2n) is 4.15. The van der Waals surface area contributed by atoms with E-state index in [-0.39, 0.29) is 5.91 Å². The highest BCUT2D eigenvalue weighted by atomic mass is 16.4. The molecule has 5 heteroatoms. The minimum Gasteiger partial charge on any atom is -0.423 e. The normalized spacial score (nSPS) is 10.3. The van der Waals surface area contributed by atoms with Crippen molar-refractivity contribution in [1.82, 2.24) is 0 Å². The number of benzene rings is 1. The second-order valence-corrected chi connectivity index (χ2v) is 4.15. The lowest BCUT2D eigenvalue weighted by atomic mass is 9.80. The van der Waals surface area contributed by atoms with Gasteiger partial charge in [0.15, 0.2) is 0 Å². The Morgan fingerprint density at radius 1 is 1.44 bits per heavy atom. The lowest BCUT2D eigenvalue weighted by molar-refractivity contribution is -0.116. The second kappa shape index (κ2) is 5.68. The van der Waals surface area contributed by atoms with Crippen molar-refractivity contribution in [2.24, 2.45) is 5.92 Å². The quantitative estimate of drug-likeness (QED) is 0.642. The van der Waals surface area contributed by atoms with Crippen LogP contribution in [-0.2, 0) is 4.79 Å². The first-order valence-corrected chi connectivity index (χ1v) is 5.25. The molecule has 3 N–H and O–H groups in total. The van der Waals surface area contributed by atoms with Gasteiger partial charge < -0.3 is 15.4 Å². The monoisotopic (exact) mass is 221 g/mol. The van der Waals surface area contributed by atoms with Gasteiger partial charge in [-0.25, -0.2) is 0 Å². The highest BCUT2D eigenvalue weighted by molar-refractivity contribution is 6.58. The average Bonchev–Trinajstić information content (AvgIpc) is 2.16. The molecule has 0 radical (unpaired) electrons. The number of amides is 1. The molecule has 0 bridgehead atoms. The molecule has 0 atom stereocenters. The molecular formula is C11H16BNO3. The highest BCUT2D eigenvalue weighted by Gasteiger charge is 2.11. The summed E-state index contributed by atoms with van der Waals surface area (Å²) in [6.07, 6.45) is 0.450. The van der Waals surface area contributed by atoms with Gasteiger partial charge in [-0.3, -0.25) is 4.79 Å². The molecule has 1 aromatic carbocycles. The van der Waals surface area contributed by atoms with Crippen molar-refractivity contribution >= 4 is 24.2 Å². The smallest absolute Gasteiger partial charge is 0.423 e. The fourth-order valence-electron chi connectivity index (χ4n) is 1.36. The van der Waals surface area contributed by atoms with Crippen LogP contribution < -0.4 is 10.8 Å². The van der Waals surface area contributed by atoms with Crippen LogP contribution in [-0.4, -0.2) is 23.1 Å². The van der Waals surface area contributed by atoms with Crippen molar-refractivity contribution in [3.8, 4) is 0 Å². The zero-order valence-electron chi connectivity index (χ0n) is 9.47. The molecule has 0 saturated heterocycles. The van der Waals surface area contributed by atoms with Crippen LogP contribution in [0.5, 0.6) is 0 Å². The number of hydrogen-bond donors (Lipinski definition) is 3. The summed E-state index contributed by atoms with van der Waals surface area (Å²) >= 11 is 0. The molecule has 0 aliphatic heterocycles. The molecule has 0 aliphatic carbocycles. The predicted molar refractivity (Wildman–Crippen MR) is 64.4 cm³/mol. The van der Waals surface area contributed by atoms with E-state index in [4.69, 9.17) is 10.0 Å². The minimum atomic E-state index is -1.51. The maximum Gasteiger partial charge on any atom is 0.488 e. The third kappa shape index (κ3) is 4.04. The van der Waals surface area contributed by atoms with Gasteiger partial charge in [0.1, 0.15) is 0 Å². The van der Waals surface area contributed by atoms with E-state index in [0.717, 1.165) is 0 Å². The van der Waals surface area contributed by atoms with E-state index < -0.39 is 7.12 Å².